The zero-order valence-electron chi connectivity index (χ0n) is 10.3. The minimum atomic E-state index is -2.96. The Labute approximate surface area is 118 Å². The highest BCUT2D eigenvalue weighted by Gasteiger charge is 2.14. The number of benzene rings is 1. The van der Waals surface area contributed by atoms with Gasteiger partial charge in [-0.05, 0) is 31.2 Å². The number of aryl methyl sites for hydroxylation is 1. The number of alkyl halides is 2. The Morgan fingerprint density at radius 3 is 2.70 bits per heavy atom. The van der Waals surface area contributed by atoms with Gasteiger partial charge >= 0.3 is 6.61 Å². The average molecular weight is 302 g/mol. The first-order valence-electron chi connectivity index (χ1n) is 5.57. The lowest BCUT2D eigenvalue weighted by atomic mass is 10.2. The van der Waals surface area contributed by atoms with Gasteiger partial charge in [0.15, 0.2) is 5.76 Å². The second-order valence-electron chi connectivity index (χ2n) is 3.91. The lowest BCUT2D eigenvalue weighted by Gasteiger charge is -2.09. The normalized spacial score (nSPS) is 10.7. The van der Waals surface area contributed by atoms with Gasteiger partial charge in [0, 0.05) is 11.3 Å². The van der Waals surface area contributed by atoms with Gasteiger partial charge in [0.05, 0.1) is 11.3 Å². The molecule has 4 nitrogen and oxygen atoms in total. The topological polar surface area (TPSA) is 51.5 Å². The average Bonchev–Trinajstić information content (AvgIpc) is 2.78. The van der Waals surface area contributed by atoms with Crippen LogP contribution >= 0.6 is 11.6 Å². The molecule has 7 heteroatoms. The first-order valence-corrected chi connectivity index (χ1v) is 5.95. The van der Waals surface area contributed by atoms with Gasteiger partial charge in [-0.2, -0.15) is 8.78 Å². The fourth-order valence-corrected chi connectivity index (χ4v) is 1.79. The zero-order chi connectivity index (χ0) is 14.7. The summed E-state index contributed by atoms with van der Waals surface area (Å²) in [6.07, 6.45) is 1.40. The van der Waals surface area contributed by atoms with Crippen LogP contribution in [-0.4, -0.2) is 12.5 Å². The summed E-state index contributed by atoms with van der Waals surface area (Å²) in [5.41, 5.74) is 1.03. The Morgan fingerprint density at radius 1 is 1.40 bits per heavy atom. The Morgan fingerprint density at radius 2 is 2.15 bits per heavy atom. The van der Waals surface area contributed by atoms with Gasteiger partial charge in [-0.15, -0.1) is 0 Å². The number of anilines is 1. The number of carbonyl (C=O) groups excluding carboxylic acids is 1. The SMILES string of the molecule is Cc1ccoc1C(=O)Nc1ccc(OC(F)F)c(Cl)c1. The van der Waals surface area contributed by atoms with Crippen molar-refractivity contribution in [2.24, 2.45) is 0 Å². The summed E-state index contributed by atoms with van der Waals surface area (Å²) in [6, 6.07) is 5.62. The summed E-state index contributed by atoms with van der Waals surface area (Å²) in [4.78, 5) is 11.9. The molecule has 0 aliphatic rings. The van der Waals surface area contributed by atoms with E-state index in [1.165, 1.54) is 24.5 Å². The first-order chi connectivity index (χ1) is 9.47. The van der Waals surface area contributed by atoms with Gasteiger partial charge < -0.3 is 14.5 Å². The largest absolute Gasteiger partial charge is 0.459 e. The minimum absolute atomic E-state index is 0.0285. The molecule has 1 aromatic carbocycles. The number of hydrogen-bond acceptors (Lipinski definition) is 3. The molecule has 0 fully saturated rings. The van der Waals surface area contributed by atoms with E-state index < -0.39 is 12.5 Å². The summed E-state index contributed by atoms with van der Waals surface area (Å²) < 4.78 is 33.4. The molecule has 0 spiro atoms. The molecule has 1 aromatic heterocycles. The second-order valence-corrected chi connectivity index (χ2v) is 4.32. The first kappa shape index (κ1) is 14.3. The third kappa shape index (κ3) is 3.27. The van der Waals surface area contributed by atoms with Crippen LogP contribution in [0.15, 0.2) is 34.9 Å². The number of amides is 1. The predicted octanol–water partition coefficient (Wildman–Crippen LogP) is 4.10. The molecule has 0 radical (unpaired) electrons. The summed E-state index contributed by atoms with van der Waals surface area (Å²) in [5.74, 6) is -0.436. The molecule has 2 aromatic rings. The molecule has 1 N–H and O–H groups in total. The lowest BCUT2D eigenvalue weighted by Crippen LogP contribution is -2.12. The van der Waals surface area contributed by atoms with Crippen LogP contribution in [0.1, 0.15) is 16.1 Å². The van der Waals surface area contributed by atoms with Gasteiger partial charge in [-0.3, -0.25) is 4.79 Å². The summed E-state index contributed by atoms with van der Waals surface area (Å²) in [7, 11) is 0. The molecule has 0 atom stereocenters. The van der Waals surface area contributed by atoms with Crippen LogP contribution in [0, 0.1) is 6.92 Å². The smallest absolute Gasteiger partial charge is 0.387 e. The van der Waals surface area contributed by atoms with E-state index in [4.69, 9.17) is 16.0 Å². The van der Waals surface area contributed by atoms with E-state index in [-0.39, 0.29) is 16.5 Å². The second kappa shape index (κ2) is 5.92. The lowest BCUT2D eigenvalue weighted by molar-refractivity contribution is -0.0497. The summed E-state index contributed by atoms with van der Waals surface area (Å²) in [5, 5.41) is 2.52. The summed E-state index contributed by atoms with van der Waals surface area (Å²) in [6.45, 7) is -1.23. The number of furan rings is 1. The van der Waals surface area contributed by atoms with Crippen molar-refractivity contribution < 1.29 is 22.7 Å². The molecule has 0 aliphatic carbocycles. The van der Waals surface area contributed by atoms with Crippen molar-refractivity contribution in [2.45, 2.75) is 13.5 Å². The molecule has 0 aliphatic heterocycles. The highest BCUT2D eigenvalue weighted by atomic mass is 35.5. The predicted molar refractivity (Wildman–Crippen MR) is 69.5 cm³/mol. The number of hydrogen-bond donors (Lipinski definition) is 1. The van der Waals surface area contributed by atoms with E-state index in [9.17, 15) is 13.6 Å². The third-order valence-corrected chi connectivity index (χ3v) is 2.77. The van der Waals surface area contributed by atoms with Gasteiger partial charge in [-0.1, -0.05) is 11.6 Å². The number of rotatable bonds is 4. The van der Waals surface area contributed by atoms with Gasteiger partial charge in [0.2, 0.25) is 0 Å². The van der Waals surface area contributed by atoms with Crippen LogP contribution in [0.2, 0.25) is 5.02 Å². The Bertz CT molecular complexity index is 628. The fourth-order valence-electron chi connectivity index (χ4n) is 1.56. The number of carbonyl (C=O) groups is 1. The molecule has 106 valence electrons. The Hall–Kier alpha value is -2.08. The van der Waals surface area contributed by atoms with Crippen molar-refractivity contribution in [3.05, 3.63) is 46.9 Å². The Kier molecular flexibility index (Phi) is 4.24. The minimum Gasteiger partial charge on any atom is -0.459 e. The van der Waals surface area contributed by atoms with Gasteiger partial charge in [-0.25, -0.2) is 0 Å². The van der Waals surface area contributed by atoms with Crippen LogP contribution in [-0.2, 0) is 0 Å². The fraction of sp³-hybridized carbons (Fsp3) is 0.154. The molecule has 0 saturated heterocycles. The highest BCUT2D eigenvalue weighted by Crippen LogP contribution is 2.29. The zero-order valence-corrected chi connectivity index (χ0v) is 11.1. The van der Waals surface area contributed by atoms with Crippen molar-refractivity contribution in [3.63, 3.8) is 0 Å². The molecule has 0 bridgehead atoms. The van der Waals surface area contributed by atoms with E-state index in [0.717, 1.165) is 0 Å². The monoisotopic (exact) mass is 301 g/mol. The van der Waals surface area contributed by atoms with Crippen LogP contribution in [0.5, 0.6) is 5.75 Å². The standard InChI is InChI=1S/C13H10ClF2NO3/c1-7-4-5-19-11(7)12(18)17-8-2-3-10(9(14)6-8)20-13(15)16/h2-6,13H,1H3,(H,17,18). The van der Waals surface area contributed by atoms with Crippen molar-refractivity contribution >= 4 is 23.2 Å². The van der Waals surface area contributed by atoms with E-state index in [1.807, 2.05) is 0 Å². The maximum atomic E-state index is 12.1. The molecule has 2 rings (SSSR count). The third-order valence-electron chi connectivity index (χ3n) is 2.47. The molecule has 1 heterocycles. The Balaban J connectivity index is 2.13. The van der Waals surface area contributed by atoms with E-state index >= 15 is 0 Å². The van der Waals surface area contributed by atoms with Crippen molar-refractivity contribution in [1.29, 1.82) is 0 Å². The molecule has 0 unspecified atom stereocenters. The number of nitrogens with one attached hydrogen (secondary N) is 1. The van der Waals surface area contributed by atoms with Crippen LogP contribution < -0.4 is 10.1 Å². The number of halogens is 3. The quantitative estimate of drug-likeness (QED) is 0.925. The van der Waals surface area contributed by atoms with Crippen molar-refractivity contribution in [1.82, 2.24) is 0 Å². The molecule has 20 heavy (non-hydrogen) atoms. The molecule has 1 amide bonds. The molecular formula is C13H10ClF2NO3. The van der Waals surface area contributed by atoms with Gasteiger partial charge in [0.1, 0.15) is 5.75 Å². The number of ether oxygens (including phenoxy) is 1. The van der Waals surface area contributed by atoms with Crippen molar-refractivity contribution in [2.75, 3.05) is 5.32 Å². The van der Waals surface area contributed by atoms with E-state index in [0.29, 0.717) is 11.3 Å². The summed E-state index contributed by atoms with van der Waals surface area (Å²) >= 11 is 5.78. The van der Waals surface area contributed by atoms with Crippen molar-refractivity contribution in [3.8, 4) is 5.75 Å². The van der Waals surface area contributed by atoms with E-state index in [2.05, 4.69) is 10.1 Å². The molecule has 0 saturated carbocycles. The maximum Gasteiger partial charge on any atom is 0.387 e. The van der Waals surface area contributed by atoms with Crippen LogP contribution in [0.4, 0.5) is 14.5 Å². The highest BCUT2D eigenvalue weighted by molar-refractivity contribution is 6.32. The maximum absolute atomic E-state index is 12.1. The van der Waals surface area contributed by atoms with Crippen LogP contribution in [0.3, 0.4) is 0 Å². The van der Waals surface area contributed by atoms with Gasteiger partial charge in [0.25, 0.3) is 5.91 Å². The molecular weight excluding hydrogens is 292 g/mol. The van der Waals surface area contributed by atoms with Crippen LogP contribution in [0.25, 0.3) is 0 Å². The van der Waals surface area contributed by atoms with E-state index in [1.54, 1.807) is 13.0 Å².